The number of piperidine rings is 1. The fourth-order valence-electron chi connectivity index (χ4n) is 4.04. The first-order chi connectivity index (χ1) is 11.6. The molecule has 0 aliphatic carbocycles. The first-order valence-electron chi connectivity index (χ1n) is 8.81. The van der Waals surface area contributed by atoms with Gasteiger partial charge in [-0.3, -0.25) is 4.79 Å². The van der Waals surface area contributed by atoms with Crippen molar-refractivity contribution in [3.8, 4) is 0 Å². The maximum atomic E-state index is 12.4. The summed E-state index contributed by atoms with van der Waals surface area (Å²) in [6.07, 6.45) is 5.52. The highest BCUT2D eigenvalue weighted by Gasteiger charge is 2.34. The van der Waals surface area contributed by atoms with Crippen LogP contribution in [0.2, 0.25) is 0 Å². The van der Waals surface area contributed by atoms with Crippen molar-refractivity contribution in [1.82, 2.24) is 10.6 Å². The van der Waals surface area contributed by atoms with Crippen LogP contribution < -0.4 is 10.6 Å². The van der Waals surface area contributed by atoms with Crippen molar-refractivity contribution in [2.45, 2.75) is 56.7 Å². The molecule has 0 aromatic heterocycles. The van der Waals surface area contributed by atoms with Gasteiger partial charge in [-0.05, 0) is 37.2 Å². The second kappa shape index (κ2) is 9.20. The Morgan fingerprint density at radius 3 is 2.44 bits per heavy atom. The smallest absolute Gasteiger partial charge is 0.328 e. The molecule has 0 spiro atoms. The monoisotopic (exact) mass is 366 g/mol. The van der Waals surface area contributed by atoms with E-state index in [9.17, 15) is 9.59 Å². The summed E-state index contributed by atoms with van der Waals surface area (Å²) in [4.78, 5) is 24.4. The van der Waals surface area contributed by atoms with Gasteiger partial charge in [0, 0.05) is 24.9 Å². The van der Waals surface area contributed by atoms with E-state index in [1.807, 2.05) is 30.3 Å². The lowest BCUT2D eigenvalue weighted by molar-refractivity contribution is -0.145. The van der Waals surface area contributed by atoms with Crippen molar-refractivity contribution in [1.29, 1.82) is 0 Å². The minimum atomic E-state index is -0.622. The van der Waals surface area contributed by atoms with Crippen molar-refractivity contribution >= 4 is 24.3 Å². The molecular formula is C19H27ClN2O3. The molecule has 1 amide bonds. The molecule has 6 heteroatoms. The van der Waals surface area contributed by atoms with Gasteiger partial charge in [0.25, 0.3) is 0 Å². The van der Waals surface area contributed by atoms with Crippen LogP contribution in [0.15, 0.2) is 30.3 Å². The number of nitrogens with one attached hydrogen (secondary N) is 2. The second-order valence-corrected chi connectivity index (χ2v) is 7.01. The molecule has 0 saturated carbocycles. The summed E-state index contributed by atoms with van der Waals surface area (Å²) in [6.45, 7) is 0. The fourth-order valence-corrected chi connectivity index (χ4v) is 4.04. The summed E-state index contributed by atoms with van der Waals surface area (Å²) in [6, 6.07) is 10.2. The van der Waals surface area contributed by atoms with Crippen LogP contribution >= 0.6 is 12.4 Å². The molecule has 3 atom stereocenters. The van der Waals surface area contributed by atoms with Crippen LogP contribution in [0.4, 0.5) is 0 Å². The van der Waals surface area contributed by atoms with E-state index in [-0.39, 0.29) is 18.3 Å². The third-order valence-corrected chi connectivity index (χ3v) is 5.15. The van der Waals surface area contributed by atoms with Crippen LogP contribution in [0.25, 0.3) is 0 Å². The van der Waals surface area contributed by atoms with Gasteiger partial charge in [-0.15, -0.1) is 12.4 Å². The Hall–Kier alpha value is -1.59. The van der Waals surface area contributed by atoms with Gasteiger partial charge in [0.05, 0.1) is 7.11 Å². The number of rotatable bonds is 6. The predicted octanol–water partition coefficient (Wildman–Crippen LogP) is 2.23. The Morgan fingerprint density at radius 1 is 1.20 bits per heavy atom. The number of carbonyl (C=O) groups excluding carboxylic acids is 2. The maximum absolute atomic E-state index is 12.4. The summed E-state index contributed by atoms with van der Waals surface area (Å²) < 4.78 is 4.86. The van der Waals surface area contributed by atoms with Crippen LogP contribution in [0.3, 0.4) is 0 Å². The lowest BCUT2D eigenvalue weighted by Gasteiger charge is -2.29. The normalized spacial score (nSPS) is 25.6. The Bertz CT molecular complexity index is 569. The summed E-state index contributed by atoms with van der Waals surface area (Å²) in [5, 5.41) is 6.47. The van der Waals surface area contributed by atoms with Crippen LogP contribution in [0, 0.1) is 5.92 Å². The standard InChI is InChI=1S/C19H26N2O3.ClH/c1-24-19(23)17(11-13-5-3-2-4-6-13)21-18(22)12-14-9-15-7-8-16(10-14)20-15;/h2-6,14-17,20H,7-12H2,1H3,(H,21,22);1H. The number of benzene rings is 1. The SMILES string of the molecule is COC(=O)C(Cc1ccccc1)NC(=O)CC1CC2CCC(C1)N2.Cl. The second-order valence-electron chi connectivity index (χ2n) is 7.01. The van der Waals surface area contributed by atoms with E-state index in [1.165, 1.54) is 20.0 Å². The van der Waals surface area contributed by atoms with Crippen molar-refractivity contribution in [2.24, 2.45) is 5.92 Å². The molecule has 1 aromatic carbocycles. The quantitative estimate of drug-likeness (QED) is 0.758. The molecule has 138 valence electrons. The van der Waals surface area contributed by atoms with Crippen molar-refractivity contribution in [3.05, 3.63) is 35.9 Å². The van der Waals surface area contributed by atoms with Gasteiger partial charge in [0.15, 0.2) is 0 Å². The van der Waals surface area contributed by atoms with Crippen LogP contribution in [-0.4, -0.2) is 37.1 Å². The molecular weight excluding hydrogens is 340 g/mol. The molecule has 3 rings (SSSR count). The average molecular weight is 367 g/mol. The van der Waals surface area contributed by atoms with Gasteiger partial charge in [-0.1, -0.05) is 30.3 Å². The molecule has 3 unspecified atom stereocenters. The van der Waals surface area contributed by atoms with Crippen LogP contribution in [0.5, 0.6) is 0 Å². The number of halogens is 1. The Kier molecular flexibility index (Phi) is 7.26. The molecule has 2 fully saturated rings. The number of carbonyl (C=O) groups is 2. The van der Waals surface area contributed by atoms with Crippen LogP contribution in [-0.2, 0) is 20.7 Å². The lowest BCUT2D eigenvalue weighted by Crippen LogP contribution is -2.45. The van der Waals surface area contributed by atoms with E-state index in [2.05, 4.69) is 10.6 Å². The number of ether oxygens (including phenoxy) is 1. The van der Waals surface area contributed by atoms with Crippen LogP contribution in [0.1, 0.15) is 37.7 Å². The number of methoxy groups -OCH3 is 1. The lowest BCUT2D eigenvalue weighted by atomic mass is 9.89. The van der Waals surface area contributed by atoms with Crippen molar-refractivity contribution in [2.75, 3.05) is 7.11 Å². The topological polar surface area (TPSA) is 67.4 Å². The maximum Gasteiger partial charge on any atom is 0.328 e. The third-order valence-electron chi connectivity index (χ3n) is 5.15. The molecule has 0 radical (unpaired) electrons. The van der Waals surface area contributed by atoms with E-state index in [0.717, 1.165) is 18.4 Å². The Balaban J connectivity index is 0.00000225. The molecule has 2 aliphatic heterocycles. The zero-order chi connectivity index (χ0) is 16.9. The van der Waals surface area contributed by atoms with Gasteiger partial charge in [-0.25, -0.2) is 4.79 Å². The minimum absolute atomic E-state index is 0. The molecule has 2 N–H and O–H groups in total. The zero-order valence-electron chi connectivity index (χ0n) is 14.6. The summed E-state index contributed by atoms with van der Waals surface area (Å²) in [5.74, 6) is -0.0241. The molecule has 2 saturated heterocycles. The Morgan fingerprint density at radius 2 is 1.84 bits per heavy atom. The molecule has 1 aromatic rings. The predicted molar refractivity (Wildman–Crippen MR) is 98.6 cm³/mol. The highest BCUT2D eigenvalue weighted by atomic mass is 35.5. The van der Waals surface area contributed by atoms with E-state index in [0.29, 0.717) is 30.8 Å². The van der Waals surface area contributed by atoms with E-state index in [1.54, 1.807) is 0 Å². The van der Waals surface area contributed by atoms with E-state index < -0.39 is 12.0 Å². The number of fused-ring (bicyclic) bond motifs is 2. The van der Waals surface area contributed by atoms with Crippen molar-refractivity contribution < 1.29 is 14.3 Å². The zero-order valence-corrected chi connectivity index (χ0v) is 15.4. The number of hydrogen-bond acceptors (Lipinski definition) is 4. The number of amides is 1. The molecule has 25 heavy (non-hydrogen) atoms. The third kappa shape index (κ3) is 5.44. The number of hydrogen-bond donors (Lipinski definition) is 2. The molecule has 2 aliphatic rings. The highest BCUT2D eigenvalue weighted by Crippen LogP contribution is 2.32. The fraction of sp³-hybridized carbons (Fsp3) is 0.579. The van der Waals surface area contributed by atoms with Gasteiger partial charge in [-0.2, -0.15) is 0 Å². The average Bonchev–Trinajstić information content (AvgIpc) is 2.93. The molecule has 5 nitrogen and oxygen atoms in total. The first-order valence-corrected chi connectivity index (χ1v) is 8.81. The minimum Gasteiger partial charge on any atom is -0.467 e. The van der Waals surface area contributed by atoms with Gasteiger partial charge < -0.3 is 15.4 Å². The Labute approximate surface area is 155 Å². The van der Waals surface area contributed by atoms with Gasteiger partial charge in [0.2, 0.25) is 5.91 Å². The van der Waals surface area contributed by atoms with E-state index in [4.69, 9.17) is 4.74 Å². The van der Waals surface area contributed by atoms with Gasteiger partial charge >= 0.3 is 5.97 Å². The molecule has 2 bridgehead atoms. The first kappa shape index (κ1) is 19.7. The largest absolute Gasteiger partial charge is 0.467 e. The highest BCUT2D eigenvalue weighted by molar-refractivity contribution is 5.85. The van der Waals surface area contributed by atoms with Gasteiger partial charge in [0.1, 0.15) is 6.04 Å². The summed E-state index contributed by atoms with van der Waals surface area (Å²) in [7, 11) is 1.36. The number of esters is 1. The summed E-state index contributed by atoms with van der Waals surface area (Å²) >= 11 is 0. The van der Waals surface area contributed by atoms with E-state index >= 15 is 0 Å². The summed E-state index contributed by atoms with van der Waals surface area (Å²) in [5.41, 5.74) is 1.01. The molecule has 2 heterocycles. The van der Waals surface area contributed by atoms with Crippen molar-refractivity contribution in [3.63, 3.8) is 0 Å².